The summed E-state index contributed by atoms with van der Waals surface area (Å²) >= 11 is 7.90. The highest BCUT2D eigenvalue weighted by molar-refractivity contribution is 7.98. The lowest BCUT2D eigenvalue weighted by molar-refractivity contribution is 0.536. The molecule has 108 valence electrons. The molecule has 3 nitrogen and oxygen atoms in total. The standard InChI is InChI=1S/C13H20ClNO2S2/c1-4-10(9-18-2)15-8-11-12(14)6-5-7-13(11)19(3,16)17/h5-7,10,15H,4,8-9H2,1-3H3. The topological polar surface area (TPSA) is 46.2 Å². The maximum Gasteiger partial charge on any atom is 0.175 e. The number of benzene rings is 1. The van der Waals surface area contributed by atoms with E-state index in [1.54, 1.807) is 30.0 Å². The SMILES string of the molecule is CCC(CSC)NCc1c(Cl)cccc1S(C)(=O)=O. The molecule has 0 spiro atoms. The van der Waals surface area contributed by atoms with E-state index in [1.165, 1.54) is 6.26 Å². The lowest BCUT2D eigenvalue weighted by Gasteiger charge is -2.17. The third-order valence-corrected chi connectivity index (χ3v) is 5.17. The quantitative estimate of drug-likeness (QED) is 0.838. The highest BCUT2D eigenvalue weighted by Crippen LogP contribution is 2.24. The van der Waals surface area contributed by atoms with Crippen molar-refractivity contribution in [1.29, 1.82) is 0 Å². The van der Waals surface area contributed by atoms with Gasteiger partial charge in [0.1, 0.15) is 0 Å². The lowest BCUT2D eigenvalue weighted by Crippen LogP contribution is -2.30. The van der Waals surface area contributed by atoms with Gasteiger partial charge in [-0.2, -0.15) is 11.8 Å². The van der Waals surface area contributed by atoms with Gasteiger partial charge in [0.05, 0.1) is 4.90 Å². The fourth-order valence-electron chi connectivity index (χ4n) is 1.83. The number of thioether (sulfide) groups is 1. The Labute approximate surface area is 125 Å². The Kier molecular flexibility index (Phi) is 6.66. The van der Waals surface area contributed by atoms with Gasteiger partial charge in [0.2, 0.25) is 0 Å². The molecule has 0 aliphatic carbocycles. The first-order valence-corrected chi connectivity index (χ1v) is 9.76. The summed E-state index contributed by atoms with van der Waals surface area (Å²) in [5.41, 5.74) is 0.659. The van der Waals surface area contributed by atoms with Crippen molar-refractivity contribution < 1.29 is 8.42 Å². The van der Waals surface area contributed by atoms with Crippen LogP contribution in [0.3, 0.4) is 0 Å². The Bertz CT molecular complexity index is 517. The second kappa shape index (κ2) is 7.53. The summed E-state index contributed by atoms with van der Waals surface area (Å²) in [4.78, 5) is 0.312. The van der Waals surface area contributed by atoms with Crippen molar-refractivity contribution in [3.05, 3.63) is 28.8 Å². The number of hydrogen-bond acceptors (Lipinski definition) is 4. The van der Waals surface area contributed by atoms with E-state index < -0.39 is 9.84 Å². The predicted octanol–water partition coefficient (Wildman–Crippen LogP) is 2.97. The molecule has 1 aromatic carbocycles. The molecule has 1 N–H and O–H groups in total. The Morgan fingerprint density at radius 2 is 2.11 bits per heavy atom. The van der Waals surface area contributed by atoms with Crippen molar-refractivity contribution in [3.8, 4) is 0 Å². The number of nitrogens with one attached hydrogen (secondary N) is 1. The molecule has 0 saturated heterocycles. The normalized spacial score (nSPS) is 13.5. The first-order chi connectivity index (χ1) is 8.90. The zero-order chi connectivity index (χ0) is 14.5. The van der Waals surface area contributed by atoms with Crippen LogP contribution in [0.25, 0.3) is 0 Å². The second-order valence-electron chi connectivity index (χ2n) is 4.43. The van der Waals surface area contributed by atoms with E-state index in [-0.39, 0.29) is 0 Å². The molecular formula is C13H20ClNO2S2. The van der Waals surface area contributed by atoms with Gasteiger partial charge in [-0.05, 0) is 24.8 Å². The monoisotopic (exact) mass is 321 g/mol. The molecule has 1 aromatic rings. The fourth-order valence-corrected chi connectivity index (χ4v) is 3.84. The summed E-state index contributed by atoms with van der Waals surface area (Å²) in [5, 5.41) is 3.87. The van der Waals surface area contributed by atoms with E-state index in [0.29, 0.717) is 28.1 Å². The fraction of sp³-hybridized carbons (Fsp3) is 0.538. The Morgan fingerprint density at radius 1 is 1.42 bits per heavy atom. The summed E-state index contributed by atoms with van der Waals surface area (Å²) in [6.45, 7) is 2.58. The van der Waals surface area contributed by atoms with Gasteiger partial charge in [-0.15, -0.1) is 0 Å². The van der Waals surface area contributed by atoms with Crippen molar-refractivity contribution in [3.63, 3.8) is 0 Å². The minimum absolute atomic E-state index is 0.312. The summed E-state index contributed by atoms with van der Waals surface area (Å²) < 4.78 is 23.5. The minimum atomic E-state index is -3.25. The van der Waals surface area contributed by atoms with Crippen LogP contribution >= 0.6 is 23.4 Å². The Hall–Kier alpha value is -0.230. The van der Waals surface area contributed by atoms with Gasteiger partial charge in [-0.1, -0.05) is 24.6 Å². The van der Waals surface area contributed by atoms with Crippen LogP contribution in [-0.2, 0) is 16.4 Å². The van der Waals surface area contributed by atoms with Crippen LogP contribution in [0.2, 0.25) is 5.02 Å². The maximum absolute atomic E-state index is 11.8. The van der Waals surface area contributed by atoms with Crippen LogP contribution in [0.4, 0.5) is 0 Å². The molecule has 6 heteroatoms. The zero-order valence-electron chi connectivity index (χ0n) is 11.4. The van der Waals surface area contributed by atoms with Gasteiger partial charge in [-0.25, -0.2) is 8.42 Å². The molecule has 0 amide bonds. The molecule has 0 saturated carbocycles. The number of hydrogen-bond donors (Lipinski definition) is 1. The van der Waals surface area contributed by atoms with Crippen molar-refractivity contribution in [2.45, 2.75) is 30.8 Å². The molecule has 0 bridgehead atoms. The second-order valence-corrected chi connectivity index (χ2v) is 7.73. The summed E-state index contributed by atoms with van der Waals surface area (Å²) in [5.74, 6) is 0.995. The van der Waals surface area contributed by atoms with Gasteiger partial charge >= 0.3 is 0 Å². The van der Waals surface area contributed by atoms with Crippen molar-refractivity contribution in [1.82, 2.24) is 5.32 Å². The van der Waals surface area contributed by atoms with Crippen molar-refractivity contribution in [2.24, 2.45) is 0 Å². The van der Waals surface area contributed by atoms with Crippen LogP contribution in [-0.4, -0.2) is 32.7 Å². The largest absolute Gasteiger partial charge is 0.309 e. The average molecular weight is 322 g/mol. The molecule has 1 atom stereocenters. The molecule has 0 heterocycles. The third kappa shape index (κ3) is 4.99. The molecular weight excluding hydrogens is 302 g/mol. The molecule has 0 radical (unpaired) electrons. The molecule has 0 fully saturated rings. The van der Waals surface area contributed by atoms with E-state index in [1.807, 2.05) is 0 Å². The smallest absolute Gasteiger partial charge is 0.175 e. The molecule has 0 aromatic heterocycles. The van der Waals surface area contributed by atoms with Crippen molar-refractivity contribution >= 4 is 33.2 Å². The minimum Gasteiger partial charge on any atom is -0.309 e. The van der Waals surface area contributed by atoms with E-state index in [4.69, 9.17) is 11.6 Å². The first-order valence-electron chi connectivity index (χ1n) is 6.10. The molecule has 0 aliphatic heterocycles. The van der Waals surface area contributed by atoms with Crippen molar-refractivity contribution in [2.75, 3.05) is 18.3 Å². The molecule has 1 rings (SSSR count). The number of sulfone groups is 1. The van der Waals surface area contributed by atoms with Gasteiger partial charge in [-0.3, -0.25) is 0 Å². The zero-order valence-corrected chi connectivity index (χ0v) is 13.8. The van der Waals surface area contributed by atoms with E-state index in [0.717, 1.165) is 12.2 Å². The van der Waals surface area contributed by atoms with Crippen LogP contribution in [0.5, 0.6) is 0 Å². The van der Waals surface area contributed by atoms with Crippen LogP contribution in [0.15, 0.2) is 23.1 Å². The van der Waals surface area contributed by atoms with E-state index >= 15 is 0 Å². The highest BCUT2D eigenvalue weighted by atomic mass is 35.5. The van der Waals surface area contributed by atoms with E-state index in [9.17, 15) is 8.42 Å². The molecule has 1 unspecified atom stereocenters. The summed E-state index contributed by atoms with van der Waals surface area (Å²) in [7, 11) is -3.25. The first kappa shape index (κ1) is 16.8. The van der Waals surface area contributed by atoms with Crippen LogP contribution < -0.4 is 5.32 Å². The highest BCUT2D eigenvalue weighted by Gasteiger charge is 2.16. The summed E-state index contributed by atoms with van der Waals surface area (Å²) in [6.07, 6.45) is 4.27. The van der Waals surface area contributed by atoms with Crippen LogP contribution in [0.1, 0.15) is 18.9 Å². The van der Waals surface area contributed by atoms with Gasteiger partial charge in [0.25, 0.3) is 0 Å². The lowest BCUT2D eigenvalue weighted by atomic mass is 10.2. The van der Waals surface area contributed by atoms with Gasteiger partial charge < -0.3 is 5.32 Å². The molecule has 19 heavy (non-hydrogen) atoms. The Balaban J connectivity index is 2.94. The predicted molar refractivity (Wildman–Crippen MR) is 83.9 cm³/mol. The van der Waals surface area contributed by atoms with Gasteiger partial charge in [0.15, 0.2) is 9.84 Å². The Morgan fingerprint density at radius 3 is 2.63 bits per heavy atom. The third-order valence-electron chi connectivity index (χ3n) is 2.90. The van der Waals surface area contributed by atoms with E-state index in [2.05, 4.69) is 18.5 Å². The molecule has 0 aliphatic rings. The van der Waals surface area contributed by atoms with Crippen LogP contribution in [0, 0.1) is 0 Å². The number of rotatable bonds is 7. The average Bonchev–Trinajstić information content (AvgIpc) is 2.34. The summed E-state index contributed by atoms with van der Waals surface area (Å²) in [6, 6.07) is 5.36. The van der Waals surface area contributed by atoms with Gasteiger partial charge in [0, 0.05) is 35.2 Å². The maximum atomic E-state index is 11.8. The number of halogens is 1.